The molecule has 1 saturated heterocycles. The third-order valence-corrected chi connectivity index (χ3v) is 5.25. The molecule has 2 heteroatoms. The molecule has 0 spiro atoms. The SMILES string of the molecule is FC/C=C\c1ccc([C@@H]2CN3CCC[C@@H]3c3ccccc32)cc1. The molecule has 0 radical (unpaired) electrons. The summed E-state index contributed by atoms with van der Waals surface area (Å²) in [5.41, 5.74) is 5.43. The Morgan fingerprint density at radius 1 is 1.04 bits per heavy atom. The van der Waals surface area contributed by atoms with Gasteiger partial charge in [-0.1, -0.05) is 60.7 Å². The zero-order valence-electron chi connectivity index (χ0n) is 13.3. The highest BCUT2D eigenvalue weighted by Gasteiger charge is 2.35. The summed E-state index contributed by atoms with van der Waals surface area (Å²) in [6, 6.07) is 18.2. The second-order valence-corrected chi connectivity index (χ2v) is 6.56. The molecule has 2 aliphatic heterocycles. The van der Waals surface area contributed by atoms with Crippen molar-refractivity contribution in [2.75, 3.05) is 19.8 Å². The van der Waals surface area contributed by atoms with Crippen LogP contribution < -0.4 is 0 Å². The molecule has 0 aliphatic carbocycles. The minimum atomic E-state index is -0.409. The van der Waals surface area contributed by atoms with E-state index in [4.69, 9.17) is 0 Å². The predicted molar refractivity (Wildman–Crippen MR) is 93.3 cm³/mol. The molecule has 1 fully saturated rings. The highest BCUT2D eigenvalue weighted by molar-refractivity contribution is 5.51. The van der Waals surface area contributed by atoms with Gasteiger partial charge in [0.2, 0.25) is 0 Å². The number of rotatable bonds is 3. The molecule has 4 rings (SSSR count). The normalized spacial score (nSPS) is 23.9. The maximum absolute atomic E-state index is 12.2. The van der Waals surface area contributed by atoms with Gasteiger partial charge in [-0.15, -0.1) is 0 Å². The van der Waals surface area contributed by atoms with E-state index < -0.39 is 6.67 Å². The summed E-state index contributed by atoms with van der Waals surface area (Å²) in [4.78, 5) is 2.64. The Kier molecular flexibility index (Phi) is 4.00. The summed E-state index contributed by atoms with van der Waals surface area (Å²) in [6.45, 7) is 1.92. The van der Waals surface area contributed by atoms with E-state index >= 15 is 0 Å². The second-order valence-electron chi connectivity index (χ2n) is 6.56. The molecule has 0 unspecified atom stereocenters. The van der Waals surface area contributed by atoms with Gasteiger partial charge in [0.05, 0.1) is 0 Å². The standard InChI is InChI=1S/C21H22FN/c22-13-3-5-16-9-11-17(12-10-16)20-15-23-14-4-8-21(23)19-7-2-1-6-18(19)20/h1-3,5-7,9-12,20-21H,4,8,13-15H2/b5-3-/t20-,21+/m0/s1. The van der Waals surface area contributed by atoms with Crippen LogP contribution in [0.4, 0.5) is 4.39 Å². The van der Waals surface area contributed by atoms with E-state index in [-0.39, 0.29) is 0 Å². The number of allylic oxidation sites excluding steroid dienone is 1. The van der Waals surface area contributed by atoms with Crippen molar-refractivity contribution in [1.29, 1.82) is 0 Å². The lowest BCUT2D eigenvalue weighted by Crippen LogP contribution is -2.34. The smallest absolute Gasteiger partial charge is 0.108 e. The van der Waals surface area contributed by atoms with Crippen LogP contribution in [0.25, 0.3) is 6.08 Å². The van der Waals surface area contributed by atoms with Gasteiger partial charge in [0, 0.05) is 18.5 Å². The minimum Gasteiger partial charge on any atom is -0.295 e. The van der Waals surface area contributed by atoms with Gasteiger partial charge in [-0.2, -0.15) is 0 Å². The van der Waals surface area contributed by atoms with E-state index in [0.717, 1.165) is 12.1 Å². The maximum Gasteiger partial charge on any atom is 0.108 e. The van der Waals surface area contributed by atoms with Crippen LogP contribution >= 0.6 is 0 Å². The van der Waals surface area contributed by atoms with Gasteiger partial charge in [0.1, 0.15) is 6.67 Å². The zero-order chi connectivity index (χ0) is 15.6. The van der Waals surface area contributed by atoms with Crippen molar-refractivity contribution in [3.05, 3.63) is 76.9 Å². The number of hydrogen-bond acceptors (Lipinski definition) is 1. The number of hydrogen-bond donors (Lipinski definition) is 0. The molecular weight excluding hydrogens is 285 g/mol. The van der Waals surface area contributed by atoms with Gasteiger partial charge in [-0.3, -0.25) is 4.90 Å². The van der Waals surface area contributed by atoms with E-state index in [0.29, 0.717) is 12.0 Å². The molecule has 0 saturated carbocycles. The van der Waals surface area contributed by atoms with Crippen LogP contribution in [-0.4, -0.2) is 24.7 Å². The van der Waals surface area contributed by atoms with Gasteiger partial charge in [0.25, 0.3) is 0 Å². The molecule has 0 amide bonds. The van der Waals surface area contributed by atoms with Gasteiger partial charge in [0.15, 0.2) is 0 Å². The minimum absolute atomic E-state index is 0.409. The highest BCUT2D eigenvalue weighted by Crippen LogP contribution is 2.43. The summed E-state index contributed by atoms with van der Waals surface area (Å²) in [6.07, 6.45) is 5.99. The molecule has 2 aromatic carbocycles. The number of fused-ring (bicyclic) bond motifs is 3. The topological polar surface area (TPSA) is 3.24 Å². The largest absolute Gasteiger partial charge is 0.295 e. The molecule has 2 atom stereocenters. The number of halogens is 1. The van der Waals surface area contributed by atoms with E-state index in [1.54, 1.807) is 6.08 Å². The predicted octanol–water partition coefficient (Wildman–Crippen LogP) is 4.95. The van der Waals surface area contributed by atoms with Crippen LogP contribution in [0, 0.1) is 0 Å². The molecule has 118 valence electrons. The van der Waals surface area contributed by atoms with Crippen molar-refractivity contribution in [3.63, 3.8) is 0 Å². The van der Waals surface area contributed by atoms with Gasteiger partial charge >= 0.3 is 0 Å². The maximum atomic E-state index is 12.2. The monoisotopic (exact) mass is 307 g/mol. The molecule has 0 aromatic heterocycles. The van der Waals surface area contributed by atoms with Crippen LogP contribution in [0.3, 0.4) is 0 Å². The third-order valence-electron chi connectivity index (χ3n) is 5.25. The number of nitrogens with zero attached hydrogens (tertiary/aromatic N) is 1. The Hall–Kier alpha value is -1.93. The van der Waals surface area contributed by atoms with E-state index in [9.17, 15) is 4.39 Å². The fourth-order valence-electron chi connectivity index (χ4n) is 4.17. The third kappa shape index (κ3) is 2.72. The first-order chi connectivity index (χ1) is 11.4. The Labute approximate surface area is 137 Å². The van der Waals surface area contributed by atoms with Crippen LogP contribution in [0.1, 0.15) is 47.1 Å². The van der Waals surface area contributed by atoms with Crippen molar-refractivity contribution < 1.29 is 4.39 Å². The lowest BCUT2D eigenvalue weighted by molar-refractivity contribution is 0.230. The quantitative estimate of drug-likeness (QED) is 0.775. The molecule has 0 bridgehead atoms. The van der Waals surface area contributed by atoms with Crippen LogP contribution in [0.5, 0.6) is 0 Å². The lowest BCUT2D eigenvalue weighted by atomic mass is 9.81. The first kappa shape index (κ1) is 14.6. The second kappa shape index (κ2) is 6.29. The summed E-state index contributed by atoms with van der Waals surface area (Å²) in [5.74, 6) is 0.444. The van der Waals surface area contributed by atoms with Gasteiger partial charge in [-0.25, -0.2) is 4.39 Å². The van der Waals surface area contributed by atoms with Crippen molar-refractivity contribution in [3.8, 4) is 0 Å². The molecule has 2 heterocycles. The van der Waals surface area contributed by atoms with Gasteiger partial charge < -0.3 is 0 Å². The molecule has 0 N–H and O–H groups in total. The summed E-state index contributed by atoms with van der Waals surface area (Å²) in [5, 5.41) is 0. The Morgan fingerprint density at radius 2 is 1.83 bits per heavy atom. The van der Waals surface area contributed by atoms with E-state index in [2.05, 4.69) is 53.4 Å². The zero-order valence-corrected chi connectivity index (χ0v) is 13.3. The first-order valence-corrected chi connectivity index (χ1v) is 8.52. The molecule has 23 heavy (non-hydrogen) atoms. The summed E-state index contributed by atoms with van der Waals surface area (Å²) < 4.78 is 12.2. The molecule has 2 aliphatic rings. The average molecular weight is 307 g/mol. The molecule has 2 aromatic rings. The van der Waals surface area contributed by atoms with Crippen LogP contribution in [-0.2, 0) is 0 Å². The first-order valence-electron chi connectivity index (χ1n) is 8.52. The molecule has 1 nitrogen and oxygen atoms in total. The van der Waals surface area contributed by atoms with Crippen molar-refractivity contribution in [1.82, 2.24) is 4.90 Å². The van der Waals surface area contributed by atoms with Crippen LogP contribution in [0.15, 0.2) is 54.6 Å². The van der Waals surface area contributed by atoms with Crippen molar-refractivity contribution in [2.45, 2.75) is 24.8 Å². The van der Waals surface area contributed by atoms with E-state index in [1.165, 1.54) is 36.1 Å². The van der Waals surface area contributed by atoms with E-state index in [1.807, 2.05) is 6.08 Å². The fraction of sp³-hybridized carbons (Fsp3) is 0.333. The van der Waals surface area contributed by atoms with Crippen molar-refractivity contribution in [2.24, 2.45) is 0 Å². The van der Waals surface area contributed by atoms with Crippen molar-refractivity contribution >= 4 is 6.08 Å². The fourth-order valence-corrected chi connectivity index (χ4v) is 4.17. The Balaban J connectivity index is 1.68. The average Bonchev–Trinajstić information content (AvgIpc) is 3.08. The summed E-state index contributed by atoms with van der Waals surface area (Å²) >= 11 is 0. The highest BCUT2D eigenvalue weighted by atomic mass is 19.1. The van der Waals surface area contributed by atoms with Crippen LogP contribution in [0.2, 0.25) is 0 Å². The molecular formula is C21H22FN. The number of benzene rings is 2. The summed E-state index contributed by atoms with van der Waals surface area (Å²) in [7, 11) is 0. The Morgan fingerprint density at radius 3 is 2.61 bits per heavy atom. The Bertz CT molecular complexity index is 704. The van der Waals surface area contributed by atoms with Gasteiger partial charge in [-0.05, 0) is 41.6 Å². The lowest BCUT2D eigenvalue weighted by Gasteiger charge is -2.37. The number of alkyl halides is 1.